The van der Waals surface area contributed by atoms with E-state index in [0.717, 1.165) is 62.3 Å². The fourth-order valence-corrected chi connectivity index (χ4v) is 8.33. The molecule has 0 saturated carbocycles. The minimum atomic E-state index is -0.108. The van der Waals surface area contributed by atoms with E-state index in [1.54, 1.807) is 23.9 Å². The topological polar surface area (TPSA) is 52.6 Å². The predicted octanol–water partition coefficient (Wildman–Crippen LogP) is 12.6. The first-order chi connectivity index (χ1) is 25.5. The quantitative estimate of drug-likeness (QED) is 0.0774. The Labute approximate surface area is 317 Å². The molecule has 0 bridgehead atoms. The summed E-state index contributed by atoms with van der Waals surface area (Å²) in [6.07, 6.45) is 11.0. The van der Waals surface area contributed by atoms with Crippen LogP contribution < -0.4 is 4.74 Å². The maximum Gasteiger partial charge on any atom is 0.195 e. The molecule has 0 saturated heterocycles. The lowest BCUT2D eigenvalue weighted by Gasteiger charge is -2.22. The number of hydrogen-bond acceptors (Lipinski definition) is 6. The third kappa shape index (κ3) is 9.86. The summed E-state index contributed by atoms with van der Waals surface area (Å²) in [6.45, 7) is 6.30. The van der Waals surface area contributed by atoms with Gasteiger partial charge in [0.2, 0.25) is 0 Å². The van der Waals surface area contributed by atoms with Gasteiger partial charge in [0.05, 0.1) is 6.61 Å². The van der Waals surface area contributed by atoms with E-state index < -0.39 is 0 Å². The highest BCUT2D eigenvalue weighted by Gasteiger charge is 2.33. The molecule has 0 spiro atoms. The number of unbranched alkanes of at least 4 members (excludes halogenated alkanes) is 6. The van der Waals surface area contributed by atoms with Gasteiger partial charge >= 0.3 is 0 Å². The molecular formula is C46H48O4S2. The van der Waals surface area contributed by atoms with Gasteiger partial charge in [-0.05, 0) is 84.5 Å². The van der Waals surface area contributed by atoms with Crippen LogP contribution in [-0.2, 0) is 24.4 Å². The summed E-state index contributed by atoms with van der Waals surface area (Å²) >= 11 is 3.04. The number of benzene rings is 5. The third-order valence-electron chi connectivity index (χ3n) is 9.36. The van der Waals surface area contributed by atoms with E-state index in [2.05, 4.69) is 62.4 Å². The van der Waals surface area contributed by atoms with Crippen molar-refractivity contribution in [1.82, 2.24) is 0 Å². The van der Waals surface area contributed by atoms with Crippen LogP contribution in [0.15, 0.2) is 129 Å². The van der Waals surface area contributed by atoms with Gasteiger partial charge in [-0.1, -0.05) is 137 Å². The Kier molecular flexibility index (Phi) is 13.8. The maximum absolute atomic E-state index is 14.1. The van der Waals surface area contributed by atoms with Crippen LogP contribution in [0.4, 0.5) is 0 Å². The summed E-state index contributed by atoms with van der Waals surface area (Å²) in [7, 11) is 0. The molecule has 0 aliphatic heterocycles. The standard InChI is InChI=1S/C46H48O4S2/c1-3-5-7-8-9-10-13-33-22-26-37(27-23-33)51-41-16-11-14-39-43(41)45(47)40-15-12-17-42(44(40)46(39)48)52-38-28-24-36(25-29-38)50-32-35-20-18-34(19-21-35)31-49-30-6-4-2/h11-12,14-29H,3-10,13,30-32H2,1-2H3. The van der Waals surface area contributed by atoms with E-state index in [-0.39, 0.29) is 11.6 Å². The lowest BCUT2D eigenvalue weighted by atomic mass is 9.84. The van der Waals surface area contributed by atoms with Crippen LogP contribution in [0.1, 0.15) is 114 Å². The Bertz CT molecular complexity index is 1930. The van der Waals surface area contributed by atoms with Crippen LogP contribution in [-0.4, -0.2) is 18.2 Å². The zero-order valence-electron chi connectivity index (χ0n) is 30.3. The zero-order chi connectivity index (χ0) is 36.1. The Balaban J connectivity index is 1.08. The van der Waals surface area contributed by atoms with Gasteiger partial charge in [0.1, 0.15) is 12.4 Å². The molecule has 0 unspecified atom stereocenters. The highest BCUT2D eigenvalue weighted by molar-refractivity contribution is 7.99. The molecule has 0 aromatic heterocycles. The largest absolute Gasteiger partial charge is 0.489 e. The molecule has 52 heavy (non-hydrogen) atoms. The Hall–Kier alpha value is -4.10. The van der Waals surface area contributed by atoms with Gasteiger partial charge in [-0.25, -0.2) is 0 Å². The lowest BCUT2D eigenvalue weighted by Crippen LogP contribution is -2.22. The van der Waals surface area contributed by atoms with Gasteiger partial charge in [-0.15, -0.1) is 0 Å². The van der Waals surface area contributed by atoms with Crippen molar-refractivity contribution in [2.75, 3.05) is 6.61 Å². The number of rotatable bonds is 19. The molecule has 1 aliphatic rings. The third-order valence-corrected chi connectivity index (χ3v) is 11.5. The Morgan fingerprint density at radius 1 is 0.500 bits per heavy atom. The summed E-state index contributed by atoms with van der Waals surface area (Å²) in [5.74, 6) is 0.558. The average molecular weight is 729 g/mol. The second kappa shape index (κ2) is 19.1. The molecule has 5 aromatic rings. The van der Waals surface area contributed by atoms with Crippen LogP contribution in [0.2, 0.25) is 0 Å². The summed E-state index contributed by atoms with van der Waals surface area (Å²) in [5, 5.41) is 0. The van der Waals surface area contributed by atoms with Crippen molar-refractivity contribution < 1.29 is 19.1 Å². The predicted molar refractivity (Wildman–Crippen MR) is 213 cm³/mol. The highest BCUT2D eigenvalue weighted by Crippen LogP contribution is 2.41. The first-order valence-corrected chi connectivity index (χ1v) is 20.4. The smallest absolute Gasteiger partial charge is 0.195 e. The van der Waals surface area contributed by atoms with Gasteiger partial charge in [-0.3, -0.25) is 9.59 Å². The van der Waals surface area contributed by atoms with Crippen molar-refractivity contribution in [2.45, 2.75) is 104 Å². The SMILES string of the molecule is CCCCCCCCc1ccc(Sc2cccc3c2C(=O)c2cccc(Sc4ccc(OCc5ccc(COCCCC)cc5)cc4)c2C3=O)cc1. The number of ketones is 2. The second-order valence-electron chi connectivity index (χ2n) is 13.4. The fourth-order valence-electron chi connectivity index (χ4n) is 6.37. The molecule has 0 radical (unpaired) electrons. The van der Waals surface area contributed by atoms with Crippen LogP contribution in [0.3, 0.4) is 0 Å². The molecule has 6 heteroatoms. The van der Waals surface area contributed by atoms with E-state index >= 15 is 0 Å². The first-order valence-electron chi connectivity index (χ1n) is 18.7. The normalized spacial score (nSPS) is 12.1. The molecule has 5 aromatic carbocycles. The van der Waals surface area contributed by atoms with Crippen molar-refractivity contribution in [3.05, 3.63) is 148 Å². The minimum absolute atomic E-state index is 0.101. The van der Waals surface area contributed by atoms with Gasteiger partial charge in [0.25, 0.3) is 0 Å². The van der Waals surface area contributed by atoms with E-state index in [9.17, 15) is 9.59 Å². The number of aryl methyl sites for hydroxylation is 1. The molecule has 4 nitrogen and oxygen atoms in total. The maximum atomic E-state index is 14.1. The van der Waals surface area contributed by atoms with Crippen LogP contribution in [0.25, 0.3) is 0 Å². The molecular weight excluding hydrogens is 681 g/mol. The molecule has 6 rings (SSSR count). The van der Waals surface area contributed by atoms with Crippen molar-refractivity contribution in [3.8, 4) is 5.75 Å². The summed E-state index contributed by atoms with van der Waals surface area (Å²) in [5.41, 5.74) is 5.50. The first kappa shape index (κ1) is 37.7. The summed E-state index contributed by atoms with van der Waals surface area (Å²) in [4.78, 5) is 31.7. The van der Waals surface area contributed by atoms with Gasteiger partial charge < -0.3 is 9.47 Å². The molecule has 0 atom stereocenters. The zero-order valence-corrected chi connectivity index (χ0v) is 32.0. The van der Waals surface area contributed by atoms with Gasteiger partial charge in [0, 0.05) is 48.4 Å². The van der Waals surface area contributed by atoms with E-state index in [1.165, 1.54) is 55.9 Å². The van der Waals surface area contributed by atoms with Gasteiger partial charge in [-0.2, -0.15) is 0 Å². The van der Waals surface area contributed by atoms with E-state index in [1.807, 2.05) is 48.5 Å². The van der Waals surface area contributed by atoms with Crippen molar-refractivity contribution >= 4 is 35.1 Å². The molecule has 0 amide bonds. The number of carbonyl (C=O) groups excluding carboxylic acids is 2. The molecule has 0 N–H and O–H groups in total. The van der Waals surface area contributed by atoms with E-state index in [4.69, 9.17) is 9.47 Å². The molecule has 0 heterocycles. The van der Waals surface area contributed by atoms with Crippen LogP contribution >= 0.6 is 23.5 Å². The summed E-state index contributed by atoms with van der Waals surface area (Å²) in [6, 6.07) is 36.1. The number of fused-ring (bicyclic) bond motifs is 2. The molecule has 268 valence electrons. The fraction of sp³-hybridized carbons (Fsp3) is 0.304. The van der Waals surface area contributed by atoms with Crippen molar-refractivity contribution in [1.29, 1.82) is 0 Å². The van der Waals surface area contributed by atoms with Crippen molar-refractivity contribution in [3.63, 3.8) is 0 Å². The monoisotopic (exact) mass is 728 g/mol. The Morgan fingerprint density at radius 2 is 1.00 bits per heavy atom. The number of hydrogen-bond donors (Lipinski definition) is 0. The second-order valence-corrected chi connectivity index (χ2v) is 15.6. The molecule has 0 fully saturated rings. The number of ether oxygens (including phenoxy) is 2. The van der Waals surface area contributed by atoms with Crippen LogP contribution in [0.5, 0.6) is 5.75 Å². The van der Waals surface area contributed by atoms with Gasteiger partial charge in [0.15, 0.2) is 11.6 Å². The average Bonchev–Trinajstić information content (AvgIpc) is 3.17. The lowest BCUT2D eigenvalue weighted by molar-refractivity contribution is 0.0974. The number of carbonyl (C=O) groups is 2. The Morgan fingerprint density at radius 3 is 1.58 bits per heavy atom. The highest BCUT2D eigenvalue weighted by atomic mass is 32.2. The van der Waals surface area contributed by atoms with E-state index in [0.29, 0.717) is 35.5 Å². The minimum Gasteiger partial charge on any atom is -0.489 e. The van der Waals surface area contributed by atoms with Crippen molar-refractivity contribution in [2.24, 2.45) is 0 Å². The summed E-state index contributed by atoms with van der Waals surface area (Å²) < 4.78 is 11.8. The van der Waals surface area contributed by atoms with Crippen LogP contribution in [0, 0.1) is 0 Å². The molecule has 1 aliphatic carbocycles.